The summed E-state index contributed by atoms with van der Waals surface area (Å²) in [6.45, 7) is 2.14. The van der Waals surface area contributed by atoms with Gasteiger partial charge in [0.15, 0.2) is 0 Å². The average molecular weight is 275 g/mol. The Bertz CT molecular complexity index is 588. The molecule has 0 bridgehead atoms. The van der Waals surface area contributed by atoms with E-state index in [1.165, 1.54) is 11.6 Å². The molecule has 0 unspecified atom stereocenters. The maximum Gasteiger partial charge on any atom is 0.335 e. The molecule has 19 heavy (non-hydrogen) atoms. The molecule has 0 fully saturated rings. The first-order valence-electron chi connectivity index (χ1n) is 6.23. The number of halogens is 1. The van der Waals surface area contributed by atoms with Crippen molar-refractivity contribution < 1.29 is 9.90 Å². The molecule has 3 heteroatoms. The molecule has 0 spiro atoms. The molecule has 2 aromatic rings. The van der Waals surface area contributed by atoms with E-state index in [1.807, 2.05) is 12.1 Å². The second-order valence-electron chi connectivity index (χ2n) is 4.48. The smallest absolute Gasteiger partial charge is 0.335 e. The number of carbonyl (C=O) groups is 1. The average Bonchev–Trinajstić information content (AvgIpc) is 2.39. The number of hydrogen-bond acceptors (Lipinski definition) is 1. The van der Waals surface area contributed by atoms with Crippen LogP contribution in [0.2, 0.25) is 5.02 Å². The third-order valence-corrected chi connectivity index (χ3v) is 3.19. The van der Waals surface area contributed by atoms with Crippen LogP contribution >= 0.6 is 11.6 Å². The Labute approximate surface area is 117 Å². The van der Waals surface area contributed by atoms with Crippen molar-refractivity contribution in [3.8, 4) is 11.1 Å². The van der Waals surface area contributed by atoms with Crippen LogP contribution < -0.4 is 0 Å². The maximum absolute atomic E-state index is 11.0. The molecular formula is C16H15ClO2. The highest BCUT2D eigenvalue weighted by Gasteiger charge is 2.07. The Hall–Kier alpha value is -1.80. The monoisotopic (exact) mass is 274 g/mol. The Morgan fingerprint density at radius 2 is 1.79 bits per heavy atom. The van der Waals surface area contributed by atoms with E-state index in [1.54, 1.807) is 12.1 Å². The van der Waals surface area contributed by atoms with Crippen LogP contribution in [0.15, 0.2) is 42.5 Å². The summed E-state index contributed by atoms with van der Waals surface area (Å²) in [5.41, 5.74) is 3.30. The lowest BCUT2D eigenvalue weighted by Gasteiger charge is -2.06. The van der Waals surface area contributed by atoms with Crippen LogP contribution in [0.1, 0.15) is 29.3 Å². The Kier molecular flexibility index (Phi) is 4.23. The summed E-state index contributed by atoms with van der Waals surface area (Å²) >= 11 is 5.96. The second-order valence-corrected chi connectivity index (χ2v) is 4.92. The van der Waals surface area contributed by atoms with Crippen molar-refractivity contribution in [3.63, 3.8) is 0 Å². The van der Waals surface area contributed by atoms with Gasteiger partial charge in [-0.05, 0) is 41.3 Å². The van der Waals surface area contributed by atoms with Gasteiger partial charge in [0, 0.05) is 5.02 Å². The number of benzene rings is 2. The van der Waals surface area contributed by atoms with Crippen molar-refractivity contribution >= 4 is 17.6 Å². The van der Waals surface area contributed by atoms with Crippen LogP contribution in [0.25, 0.3) is 11.1 Å². The van der Waals surface area contributed by atoms with E-state index in [2.05, 4.69) is 19.1 Å². The third-order valence-electron chi connectivity index (χ3n) is 2.97. The molecule has 2 aromatic carbocycles. The van der Waals surface area contributed by atoms with Gasteiger partial charge in [0.2, 0.25) is 0 Å². The van der Waals surface area contributed by atoms with Gasteiger partial charge in [0.05, 0.1) is 5.56 Å². The van der Waals surface area contributed by atoms with E-state index < -0.39 is 5.97 Å². The van der Waals surface area contributed by atoms with Gasteiger partial charge >= 0.3 is 5.97 Å². The fourth-order valence-corrected chi connectivity index (χ4v) is 2.27. The molecule has 2 nitrogen and oxygen atoms in total. The minimum atomic E-state index is -0.966. The summed E-state index contributed by atoms with van der Waals surface area (Å²) in [6, 6.07) is 13.0. The number of aromatic carboxylic acids is 1. The van der Waals surface area contributed by atoms with Crippen LogP contribution in [0.5, 0.6) is 0 Å². The minimum absolute atomic E-state index is 0.208. The summed E-state index contributed by atoms with van der Waals surface area (Å²) in [6.07, 6.45) is 2.16. The Morgan fingerprint density at radius 1 is 1.11 bits per heavy atom. The summed E-state index contributed by atoms with van der Waals surface area (Å²) in [5, 5.41) is 9.47. The van der Waals surface area contributed by atoms with Crippen molar-refractivity contribution in [1.82, 2.24) is 0 Å². The minimum Gasteiger partial charge on any atom is -0.478 e. The van der Waals surface area contributed by atoms with Crippen LogP contribution in [-0.4, -0.2) is 11.1 Å². The van der Waals surface area contributed by atoms with E-state index in [0.717, 1.165) is 24.0 Å². The van der Waals surface area contributed by atoms with Gasteiger partial charge in [-0.25, -0.2) is 4.79 Å². The lowest BCUT2D eigenvalue weighted by molar-refractivity contribution is 0.0697. The van der Waals surface area contributed by atoms with Gasteiger partial charge in [-0.3, -0.25) is 0 Å². The van der Waals surface area contributed by atoms with Crippen molar-refractivity contribution in [3.05, 3.63) is 58.6 Å². The third kappa shape index (κ3) is 3.36. The zero-order chi connectivity index (χ0) is 13.8. The van der Waals surface area contributed by atoms with Gasteiger partial charge in [0.25, 0.3) is 0 Å². The van der Waals surface area contributed by atoms with Crippen LogP contribution in [0.4, 0.5) is 0 Å². The first kappa shape index (κ1) is 13.6. The summed E-state index contributed by atoms with van der Waals surface area (Å²) < 4.78 is 0. The van der Waals surface area contributed by atoms with Crippen molar-refractivity contribution in [2.45, 2.75) is 19.8 Å². The zero-order valence-corrected chi connectivity index (χ0v) is 11.4. The van der Waals surface area contributed by atoms with E-state index in [9.17, 15) is 4.79 Å². The highest BCUT2D eigenvalue weighted by Crippen LogP contribution is 2.25. The predicted octanol–water partition coefficient (Wildman–Crippen LogP) is 4.66. The molecule has 0 atom stereocenters. The zero-order valence-electron chi connectivity index (χ0n) is 10.7. The number of carboxylic acids is 1. The Balaban J connectivity index is 2.38. The molecule has 0 amide bonds. The number of rotatable bonds is 4. The van der Waals surface area contributed by atoms with E-state index in [4.69, 9.17) is 16.7 Å². The van der Waals surface area contributed by atoms with Crippen LogP contribution in [0, 0.1) is 0 Å². The second kappa shape index (κ2) is 5.89. The lowest BCUT2D eigenvalue weighted by atomic mass is 10.0. The number of hydrogen-bond donors (Lipinski definition) is 1. The predicted molar refractivity (Wildman–Crippen MR) is 77.8 cm³/mol. The first-order chi connectivity index (χ1) is 9.10. The van der Waals surface area contributed by atoms with Gasteiger partial charge < -0.3 is 5.11 Å². The van der Waals surface area contributed by atoms with E-state index in [-0.39, 0.29) is 5.56 Å². The van der Waals surface area contributed by atoms with Crippen molar-refractivity contribution in [2.75, 3.05) is 0 Å². The summed E-state index contributed by atoms with van der Waals surface area (Å²) in [4.78, 5) is 11.0. The normalized spacial score (nSPS) is 10.4. The van der Waals surface area contributed by atoms with E-state index >= 15 is 0 Å². The summed E-state index contributed by atoms with van der Waals surface area (Å²) in [7, 11) is 0. The largest absolute Gasteiger partial charge is 0.478 e. The number of aryl methyl sites for hydroxylation is 1. The highest BCUT2D eigenvalue weighted by molar-refractivity contribution is 6.31. The molecule has 0 aromatic heterocycles. The molecule has 0 heterocycles. The van der Waals surface area contributed by atoms with Crippen molar-refractivity contribution in [1.29, 1.82) is 0 Å². The van der Waals surface area contributed by atoms with Gasteiger partial charge in [-0.1, -0.05) is 49.2 Å². The van der Waals surface area contributed by atoms with Crippen molar-refractivity contribution in [2.24, 2.45) is 0 Å². The first-order valence-corrected chi connectivity index (χ1v) is 6.61. The molecule has 0 radical (unpaired) electrons. The molecule has 2 rings (SSSR count). The van der Waals surface area contributed by atoms with Gasteiger partial charge in [-0.15, -0.1) is 0 Å². The van der Waals surface area contributed by atoms with Crippen LogP contribution in [-0.2, 0) is 6.42 Å². The molecule has 1 N–H and O–H groups in total. The van der Waals surface area contributed by atoms with E-state index in [0.29, 0.717) is 5.02 Å². The fraction of sp³-hybridized carbons (Fsp3) is 0.188. The standard InChI is InChI=1S/C16H15ClO2/c1-2-3-11-4-6-12(7-5-11)13-8-14(16(18)19)10-15(17)9-13/h4-10H,2-3H2,1H3,(H,18,19). The van der Waals surface area contributed by atoms with Gasteiger partial charge in [0.1, 0.15) is 0 Å². The highest BCUT2D eigenvalue weighted by atomic mass is 35.5. The molecule has 98 valence electrons. The lowest BCUT2D eigenvalue weighted by Crippen LogP contribution is -1.96. The number of carboxylic acid groups (broad SMARTS) is 1. The fourth-order valence-electron chi connectivity index (χ4n) is 2.03. The van der Waals surface area contributed by atoms with Crippen LogP contribution in [0.3, 0.4) is 0 Å². The molecule has 0 aliphatic heterocycles. The quantitative estimate of drug-likeness (QED) is 0.880. The Morgan fingerprint density at radius 3 is 2.37 bits per heavy atom. The summed E-state index contributed by atoms with van der Waals surface area (Å²) in [5.74, 6) is -0.966. The molecule has 0 saturated heterocycles. The topological polar surface area (TPSA) is 37.3 Å². The maximum atomic E-state index is 11.0. The molecule has 0 aliphatic rings. The SMILES string of the molecule is CCCc1ccc(-c2cc(Cl)cc(C(=O)O)c2)cc1. The molecule has 0 saturated carbocycles. The van der Waals surface area contributed by atoms with Gasteiger partial charge in [-0.2, -0.15) is 0 Å². The molecular weight excluding hydrogens is 260 g/mol. The molecule has 0 aliphatic carbocycles.